The van der Waals surface area contributed by atoms with E-state index < -0.39 is 10.8 Å². The quantitative estimate of drug-likeness (QED) is 0.112. The average molecular weight is 579 g/mol. The number of rotatable bonds is 10. The van der Waals surface area contributed by atoms with Gasteiger partial charge in [0.1, 0.15) is 0 Å². The summed E-state index contributed by atoms with van der Waals surface area (Å²) < 4.78 is 0. The molecule has 6 rings (SSSR count). The van der Waals surface area contributed by atoms with Crippen LogP contribution < -0.4 is 0 Å². The van der Waals surface area contributed by atoms with Gasteiger partial charge in [-0.05, 0) is 39.5 Å². The van der Waals surface area contributed by atoms with E-state index in [0.717, 1.165) is 6.16 Å². The molecule has 2 heteroatoms. The highest BCUT2D eigenvalue weighted by atomic mass is 32.0. The third kappa shape index (κ3) is 4.84. The largest absolute Gasteiger partial charge is 0.114 e. The van der Waals surface area contributed by atoms with Gasteiger partial charge in [-0.1, -0.05) is 182 Å². The lowest BCUT2D eigenvalue weighted by Crippen LogP contribution is -2.56. The summed E-state index contributed by atoms with van der Waals surface area (Å²) in [5, 5.41) is 0. The van der Waals surface area contributed by atoms with E-state index in [9.17, 15) is 0 Å². The van der Waals surface area contributed by atoms with E-state index >= 15 is 0 Å². The van der Waals surface area contributed by atoms with Crippen molar-refractivity contribution in [2.45, 2.75) is 16.7 Å². The van der Waals surface area contributed by atoms with Crippen molar-refractivity contribution in [1.29, 1.82) is 0 Å². The maximum atomic E-state index is 3.06. The Hall–Kier alpha value is -3.82. The molecule has 6 aromatic rings. The first-order chi connectivity index (χ1) is 20.8. The Bertz CT molecular complexity index is 1520. The van der Waals surface area contributed by atoms with E-state index in [1.807, 2.05) is 0 Å². The van der Waals surface area contributed by atoms with Crippen molar-refractivity contribution in [1.82, 2.24) is 0 Å². The molecule has 0 saturated heterocycles. The van der Waals surface area contributed by atoms with Crippen LogP contribution in [0, 0.1) is 0 Å². The minimum atomic E-state index is -0.579. The second kappa shape index (κ2) is 13.0. The maximum absolute atomic E-state index is 3.06. The molecule has 42 heavy (non-hydrogen) atoms. The van der Waals surface area contributed by atoms with E-state index in [1.54, 1.807) is 0 Å². The SMILES string of the molecule is PPCC(c1ccccc1)C(c1ccccc1)(c1ccccc1)C(c1ccccc1)(c1ccccc1)c1ccccc1. The minimum absolute atomic E-state index is 0.153. The molecule has 0 aliphatic heterocycles. The molecule has 0 nitrogen and oxygen atoms in total. The molecule has 0 aliphatic carbocycles. The Morgan fingerprint density at radius 1 is 0.405 bits per heavy atom. The fourth-order valence-electron chi connectivity index (χ4n) is 7.24. The highest BCUT2D eigenvalue weighted by Crippen LogP contribution is 2.63. The van der Waals surface area contributed by atoms with Gasteiger partial charge >= 0.3 is 0 Å². The van der Waals surface area contributed by atoms with Crippen LogP contribution in [0.25, 0.3) is 0 Å². The van der Waals surface area contributed by atoms with Gasteiger partial charge in [0, 0.05) is 11.3 Å². The lowest BCUT2D eigenvalue weighted by atomic mass is 9.44. The molecule has 0 aliphatic rings. The van der Waals surface area contributed by atoms with Crippen LogP contribution >= 0.6 is 17.2 Å². The van der Waals surface area contributed by atoms with E-state index in [4.69, 9.17) is 0 Å². The van der Waals surface area contributed by atoms with Crippen LogP contribution in [0.5, 0.6) is 0 Å². The number of hydrogen-bond donors (Lipinski definition) is 0. The van der Waals surface area contributed by atoms with E-state index in [2.05, 4.69) is 191 Å². The van der Waals surface area contributed by atoms with Gasteiger partial charge in [-0.15, -0.1) is 17.2 Å². The number of hydrogen-bond acceptors (Lipinski definition) is 0. The first kappa shape index (κ1) is 28.3. The van der Waals surface area contributed by atoms with Crippen LogP contribution in [0.2, 0.25) is 0 Å². The molecule has 0 saturated carbocycles. The predicted molar refractivity (Wildman–Crippen MR) is 185 cm³/mol. The van der Waals surface area contributed by atoms with Gasteiger partial charge in [0.15, 0.2) is 0 Å². The average Bonchev–Trinajstić information content (AvgIpc) is 3.09. The number of benzene rings is 6. The standard InChI is InChI=1S/C40H36P2/c41-42-31-38(32-19-7-1-8-20-32)40(36-27-15-5-16-28-36,37-29-17-6-18-30-37)39(33-21-9-2-10-22-33,34-23-11-3-12-24-34)35-25-13-4-14-26-35/h1-30,38,42H,31,41H2. The third-order valence-corrected chi connectivity index (χ3v) is 10.1. The van der Waals surface area contributed by atoms with Crippen molar-refractivity contribution in [2.75, 3.05) is 6.16 Å². The van der Waals surface area contributed by atoms with Crippen molar-refractivity contribution >= 4 is 17.2 Å². The molecule has 0 radical (unpaired) electrons. The second-order valence-corrected chi connectivity index (χ2v) is 12.8. The molecule has 3 unspecified atom stereocenters. The van der Waals surface area contributed by atoms with Crippen LogP contribution in [0.3, 0.4) is 0 Å². The lowest BCUT2D eigenvalue weighted by Gasteiger charge is -2.57. The van der Waals surface area contributed by atoms with Gasteiger partial charge in [-0.2, -0.15) is 0 Å². The van der Waals surface area contributed by atoms with Crippen molar-refractivity contribution in [2.24, 2.45) is 0 Å². The van der Waals surface area contributed by atoms with Crippen LogP contribution in [0.4, 0.5) is 0 Å². The van der Waals surface area contributed by atoms with Gasteiger partial charge in [0.25, 0.3) is 0 Å². The Kier molecular flexibility index (Phi) is 8.76. The molecule has 0 N–H and O–H groups in total. The fraction of sp³-hybridized carbons (Fsp3) is 0.100. The van der Waals surface area contributed by atoms with Crippen LogP contribution in [0.1, 0.15) is 39.3 Å². The molecule has 0 spiro atoms. The Morgan fingerprint density at radius 2 is 0.690 bits per heavy atom. The van der Waals surface area contributed by atoms with Crippen LogP contribution in [-0.4, -0.2) is 6.16 Å². The Morgan fingerprint density at radius 3 is 1.00 bits per heavy atom. The zero-order valence-corrected chi connectivity index (χ0v) is 25.8. The Labute approximate surface area is 254 Å². The van der Waals surface area contributed by atoms with Crippen LogP contribution in [-0.2, 0) is 10.8 Å². The van der Waals surface area contributed by atoms with Crippen molar-refractivity contribution in [3.63, 3.8) is 0 Å². The summed E-state index contributed by atoms with van der Waals surface area (Å²) in [5.41, 5.74) is 6.71. The maximum Gasteiger partial charge on any atom is 0.0594 e. The summed E-state index contributed by atoms with van der Waals surface area (Å²) in [4.78, 5) is 0. The highest BCUT2D eigenvalue weighted by molar-refractivity contribution is 8.02. The van der Waals surface area contributed by atoms with Crippen molar-refractivity contribution in [3.8, 4) is 0 Å². The molecule has 0 fully saturated rings. The van der Waals surface area contributed by atoms with E-state index in [0.29, 0.717) is 8.27 Å². The molecule has 0 aromatic heterocycles. The van der Waals surface area contributed by atoms with E-state index in [1.165, 1.54) is 33.4 Å². The molecular weight excluding hydrogens is 542 g/mol. The van der Waals surface area contributed by atoms with Gasteiger partial charge in [0.2, 0.25) is 0 Å². The summed E-state index contributed by atoms with van der Waals surface area (Å²) in [5.74, 6) is 0.153. The second-order valence-electron chi connectivity index (χ2n) is 10.8. The molecular formula is C40H36P2. The molecule has 6 aromatic carbocycles. The predicted octanol–water partition coefficient (Wildman–Crippen LogP) is 10.3. The third-order valence-electron chi connectivity index (χ3n) is 8.72. The molecule has 0 amide bonds. The van der Waals surface area contributed by atoms with Crippen LogP contribution in [0.15, 0.2) is 182 Å². The highest BCUT2D eigenvalue weighted by Gasteiger charge is 2.60. The Balaban J connectivity index is 1.93. The molecule has 0 bridgehead atoms. The summed E-state index contributed by atoms with van der Waals surface area (Å²) in [6.07, 6.45) is 1.02. The minimum Gasteiger partial charge on any atom is -0.114 e. The lowest BCUT2D eigenvalue weighted by molar-refractivity contribution is 0.308. The van der Waals surface area contributed by atoms with Gasteiger partial charge in [0.05, 0.1) is 5.41 Å². The normalized spacial score (nSPS) is 12.8. The fourth-order valence-corrected chi connectivity index (χ4v) is 8.72. The molecule has 0 heterocycles. The summed E-state index contributed by atoms with van der Waals surface area (Å²) in [6.45, 7) is 0. The topological polar surface area (TPSA) is 0 Å². The van der Waals surface area contributed by atoms with Crippen molar-refractivity contribution < 1.29 is 0 Å². The van der Waals surface area contributed by atoms with E-state index in [-0.39, 0.29) is 5.92 Å². The van der Waals surface area contributed by atoms with Gasteiger partial charge < -0.3 is 0 Å². The summed E-state index contributed by atoms with van der Waals surface area (Å²) in [7, 11) is 3.76. The first-order valence-corrected chi connectivity index (χ1v) is 17.6. The zero-order valence-electron chi connectivity index (χ0n) is 23.7. The zero-order chi connectivity index (χ0) is 28.7. The molecule has 3 atom stereocenters. The van der Waals surface area contributed by atoms with Gasteiger partial charge in [-0.25, -0.2) is 0 Å². The molecule has 206 valence electrons. The monoisotopic (exact) mass is 578 g/mol. The summed E-state index contributed by atoms with van der Waals surface area (Å²) in [6, 6.07) is 67.4. The van der Waals surface area contributed by atoms with Gasteiger partial charge in [-0.3, -0.25) is 0 Å². The smallest absolute Gasteiger partial charge is 0.0594 e. The first-order valence-electron chi connectivity index (χ1n) is 14.6. The van der Waals surface area contributed by atoms with Crippen molar-refractivity contribution in [3.05, 3.63) is 215 Å². The summed E-state index contributed by atoms with van der Waals surface area (Å²) >= 11 is 0.